The van der Waals surface area contributed by atoms with E-state index in [1.165, 1.54) is 9.47 Å². The number of amides is 1. The number of nitrogens with one attached hydrogen (secondary N) is 1. The summed E-state index contributed by atoms with van der Waals surface area (Å²) in [5.74, 6) is -0.0703. The summed E-state index contributed by atoms with van der Waals surface area (Å²) in [5.41, 5.74) is 8.31. The lowest BCUT2D eigenvalue weighted by atomic mass is 10.1. The van der Waals surface area contributed by atoms with E-state index in [4.69, 9.17) is 5.73 Å². The molecule has 0 saturated heterocycles. The summed E-state index contributed by atoms with van der Waals surface area (Å²) >= 11 is 0. The third kappa shape index (κ3) is 5.57. The van der Waals surface area contributed by atoms with Crippen LogP contribution in [-0.4, -0.2) is 35.6 Å². The molecule has 3 N–H and O–H groups in total. The van der Waals surface area contributed by atoms with Gasteiger partial charge in [-0.1, -0.05) is 39.3 Å². The molecular formula is C23H35N5O3. The first-order valence-corrected chi connectivity index (χ1v) is 10.8. The van der Waals surface area contributed by atoms with Gasteiger partial charge < -0.3 is 15.5 Å². The van der Waals surface area contributed by atoms with Crippen LogP contribution in [-0.2, 0) is 11.3 Å². The van der Waals surface area contributed by atoms with Crippen LogP contribution in [0.2, 0.25) is 0 Å². The number of aromatic nitrogens is 2. The second-order valence-electron chi connectivity index (χ2n) is 8.47. The van der Waals surface area contributed by atoms with Crippen LogP contribution >= 0.6 is 0 Å². The molecule has 0 aliphatic rings. The Kier molecular flexibility index (Phi) is 8.08. The Balaban J connectivity index is 2.46. The molecule has 1 heterocycles. The summed E-state index contributed by atoms with van der Waals surface area (Å²) in [5, 5.41) is 0. The molecule has 0 spiro atoms. The Morgan fingerprint density at radius 3 is 2.52 bits per heavy atom. The highest BCUT2D eigenvalue weighted by Gasteiger charge is 2.25. The van der Waals surface area contributed by atoms with Crippen molar-refractivity contribution in [1.29, 1.82) is 0 Å². The van der Waals surface area contributed by atoms with Crippen LogP contribution in [0.5, 0.6) is 0 Å². The van der Waals surface area contributed by atoms with Crippen LogP contribution in [0, 0.1) is 19.8 Å². The van der Waals surface area contributed by atoms with Crippen LogP contribution in [0.3, 0.4) is 0 Å². The lowest BCUT2D eigenvalue weighted by Gasteiger charge is -2.28. The number of H-pyrrole nitrogens is 1. The van der Waals surface area contributed by atoms with Crippen molar-refractivity contribution in [2.45, 2.75) is 54.0 Å². The lowest BCUT2D eigenvalue weighted by Crippen LogP contribution is -2.45. The van der Waals surface area contributed by atoms with Crippen LogP contribution in [0.25, 0.3) is 0 Å². The number of hydrogen-bond acceptors (Lipinski definition) is 5. The van der Waals surface area contributed by atoms with Crippen molar-refractivity contribution in [3.63, 3.8) is 0 Å². The van der Waals surface area contributed by atoms with Gasteiger partial charge in [-0.05, 0) is 43.4 Å². The minimum atomic E-state index is -0.638. The largest absolute Gasteiger partial charge is 0.383 e. The summed E-state index contributed by atoms with van der Waals surface area (Å²) < 4.78 is 1.34. The molecule has 2 aromatic rings. The van der Waals surface area contributed by atoms with E-state index in [-0.39, 0.29) is 29.9 Å². The third-order valence-corrected chi connectivity index (χ3v) is 5.43. The molecule has 170 valence electrons. The first-order chi connectivity index (χ1) is 14.6. The number of unbranched alkanes of at least 4 members (excludes halogenated alkanes) is 1. The maximum atomic E-state index is 13.3. The third-order valence-electron chi connectivity index (χ3n) is 5.43. The highest BCUT2D eigenvalue weighted by molar-refractivity contribution is 5.98. The molecule has 0 bridgehead atoms. The molecule has 1 aromatic heterocycles. The van der Waals surface area contributed by atoms with Gasteiger partial charge in [-0.25, -0.2) is 4.79 Å². The number of nitrogen functional groups attached to an aromatic ring is 1. The van der Waals surface area contributed by atoms with Crippen molar-refractivity contribution in [1.82, 2.24) is 9.55 Å². The Hall–Kier alpha value is -3.03. The van der Waals surface area contributed by atoms with Gasteiger partial charge in [0.05, 0.1) is 6.54 Å². The van der Waals surface area contributed by atoms with Gasteiger partial charge in [0.1, 0.15) is 5.82 Å². The van der Waals surface area contributed by atoms with Gasteiger partial charge in [0, 0.05) is 25.8 Å². The SMILES string of the molecule is CCCCN(C(=O)CN(C)c1cccc(C)c1C)c1c(N)n(CC(C)C)c(=O)[nH]c1=O. The fourth-order valence-corrected chi connectivity index (χ4v) is 3.58. The normalized spacial score (nSPS) is 11.1. The number of carbonyl (C=O) groups excluding carboxylic acids is 1. The van der Waals surface area contributed by atoms with E-state index in [0.29, 0.717) is 19.5 Å². The van der Waals surface area contributed by atoms with Crippen LogP contribution in [0.1, 0.15) is 44.7 Å². The smallest absolute Gasteiger partial charge is 0.330 e. The molecule has 8 nitrogen and oxygen atoms in total. The zero-order chi connectivity index (χ0) is 23.3. The minimum Gasteiger partial charge on any atom is -0.383 e. The molecule has 2 rings (SSSR count). The van der Waals surface area contributed by atoms with Crippen molar-refractivity contribution < 1.29 is 4.79 Å². The van der Waals surface area contributed by atoms with Gasteiger partial charge in [-0.3, -0.25) is 19.1 Å². The van der Waals surface area contributed by atoms with Crippen molar-refractivity contribution in [2.24, 2.45) is 5.92 Å². The number of carbonyl (C=O) groups is 1. The molecule has 0 unspecified atom stereocenters. The molecule has 1 aromatic carbocycles. The number of aromatic amines is 1. The molecule has 0 aliphatic carbocycles. The van der Waals surface area contributed by atoms with E-state index in [1.807, 2.05) is 64.8 Å². The van der Waals surface area contributed by atoms with Crippen LogP contribution in [0.4, 0.5) is 17.2 Å². The average Bonchev–Trinajstić information content (AvgIpc) is 2.69. The molecule has 8 heteroatoms. The van der Waals surface area contributed by atoms with E-state index >= 15 is 0 Å². The van der Waals surface area contributed by atoms with Gasteiger partial charge in [0.2, 0.25) is 5.91 Å². The predicted octanol–water partition coefficient (Wildman–Crippen LogP) is 2.66. The van der Waals surface area contributed by atoms with Gasteiger partial charge in [0.25, 0.3) is 5.56 Å². The van der Waals surface area contributed by atoms with Gasteiger partial charge in [-0.2, -0.15) is 0 Å². The van der Waals surface area contributed by atoms with Crippen molar-refractivity contribution in [3.05, 3.63) is 50.2 Å². The van der Waals surface area contributed by atoms with E-state index in [1.54, 1.807) is 0 Å². The first-order valence-electron chi connectivity index (χ1n) is 10.8. The maximum absolute atomic E-state index is 13.3. The number of benzene rings is 1. The fourth-order valence-electron chi connectivity index (χ4n) is 3.58. The Morgan fingerprint density at radius 2 is 1.90 bits per heavy atom. The first kappa shape index (κ1) is 24.2. The summed E-state index contributed by atoms with van der Waals surface area (Å²) in [6.07, 6.45) is 1.56. The number of anilines is 3. The summed E-state index contributed by atoms with van der Waals surface area (Å²) in [7, 11) is 1.85. The van der Waals surface area contributed by atoms with Crippen molar-refractivity contribution in [3.8, 4) is 0 Å². The highest BCUT2D eigenvalue weighted by Crippen LogP contribution is 2.23. The Morgan fingerprint density at radius 1 is 1.23 bits per heavy atom. The Labute approximate surface area is 183 Å². The molecule has 0 fully saturated rings. The second-order valence-corrected chi connectivity index (χ2v) is 8.47. The molecule has 0 aliphatic heterocycles. The number of aryl methyl sites for hydroxylation is 1. The second kappa shape index (κ2) is 10.3. The number of nitrogens with zero attached hydrogens (tertiary/aromatic N) is 3. The van der Waals surface area contributed by atoms with E-state index < -0.39 is 11.2 Å². The minimum absolute atomic E-state index is 0.0290. The Bertz CT molecular complexity index is 1040. The average molecular weight is 430 g/mol. The predicted molar refractivity (Wildman–Crippen MR) is 127 cm³/mol. The van der Waals surface area contributed by atoms with E-state index in [2.05, 4.69) is 4.98 Å². The number of hydrogen-bond donors (Lipinski definition) is 2. The zero-order valence-corrected chi connectivity index (χ0v) is 19.5. The van der Waals surface area contributed by atoms with E-state index in [9.17, 15) is 14.4 Å². The topological polar surface area (TPSA) is 104 Å². The lowest BCUT2D eigenvalue weighted by molar-refractivity contribution is -0.117. The number of likely N-dealkylation sites (N-methyl/N-ethyl adjacent to an activating group) is 1. The van der Waals surface area contributed by atoms with Crippen LogP contribution < -0.4 is 26.8 Å². The summed E-state index contributed by atoms with van der Waals surface area (Å²) in [6.45, 7) is 10.8. The number of nitrogens with two attached hydrogens (primary N) is 1. The standard InChI is InChI=1S/C23H35N5O3/c1-7-8-12-27(19(29)14-26(6)18-11-9-10-16(4)17(18)5)20-21(24)28(13-15(2)3)23(31)25-22(20)30/h9-11,15H,7-8,12-14,24H2,1-6H3,(H,25,30,31). The molecular weight excluding hydrogens is 394 g/mol. The van der Waals surface area contributed by atoms with Crippen molar-refractivity contribution >= 4 is 23.1 Å². The van der Waals surface area contributed by atoms with Gasteiger partial charge >= 0.3 is 5.69 Å². The van der Waals surface area contributed by atoms with Gasteiger partial charge in [0.15, 0.2) is 5.69 Å². The molecule has 1 amide bonds. The quantitative estimate of drug-likeness (QED) is 0.638. The number of rotatable bonds is 9. The molecule has 0 atom stereocenters. The highest BCUT2D eigenvalue weighted by atomic mass is 16.2. The molecule has 31 heavy (non-hydrogen) atoms. The van der Waals surface area contributed by atoms with Gasteiger partial charge in [-0.15, -0.1) is 0 Å². The van der Waals surface area contributed by atoms with E-state index in [0.717, 1.165) is 23.2 Å². The summed E-state index contributed by atoms with van der Waals surface area (Å²) in [6, 6.07) is 5.95. The fraction of sp³-hybridized carbons (Fsp3) is 0.522. The van der Waals surface area contributed by atoms with Crippen LogP contribution in [0.15, 0.2) is 27.8 Å². The molecule has 0 radical (unpaired) electrons. The van der Waals surface area contributed by atoms with Crippen molar-refractivity contribution in [2.75, 3.05) is 35.7 Å². The molecule has 0 saturated carbocycles. The zero-order valence-electron chi connectivity index (χ0n) is 19.5. The monoisotopic (exact) mass is 429 g/mol. The summed E-state index contributed by atoms with van der Waals surface area (Å²) in [4.78, 5) is 44.0. The maximum Gasteiger partial charge on any atom is 0.330 e.